The van der Waals surface area contributed by atoms with Crippen molar-refractivity contribution in [3.63, 3.8) is 0 Å². The van der Waals surface area contributed by atoms with Crippen molar-refractivity contribution >= 4 is 5.78 Å². The molecule has 2 heteroatoms. The number of carbonyl (C=O) groups excluding carboxylic acids is 1. The lowest BCUT2D eigenvalue weighted by Gasteiger charge is -2.54. The number of benzene rings is 1. The standard InChI is InChI=1S/C20H26O2/c1-12-4-2-3-5-17(12)20(22)19(21)11-18-15-7-13-6-14(9-15)10-16(18)8-13/h2-5,13-16,18,20,22H,6-11H2,1H3. The van der Waals surface area contributed by atoms with E-state index in [4.69, 9.17) is 0 Å². The first-order valence-corrected chi connectivity index (χ1v) is 8.88. The fourth-order valence-corrected chi connectivity index (χ4v) is 5.78. The molecule has 0 spiro atoms. The van der Waals surface area contributed by atoms with E-state index < -0.39 is 6.10 Å². The van der Waals surface area contributed by atoms with Gasteiger partial charge in [-0.3, -0.25) is 4.79 Å². The van der Waals surface area contributed by atoms with Gasteiger partial charge in [-0.25, -0.2) is 0 Å². The van der Waals surface area contributed by atoms with E-state index in [1.54, 1.807) is 0 Å². The molecule has 1 aromatic rings. The molecule has 1 N–H and O–H groups in total. The van der Waals surface area contributed by atoms with Crippen molar-refractivity contribution in [1.82, 2.24) is 0 Å². The Morgan fingerprint density at radius 1 is 1.09 bits per heavy atom. The van der Waals surface area contributed by atoms with Gasteiger partial charge in [-0.05, 0) is 79.7 Å². The zero-order chi connectivity index (χ0) is 15.3. The third kappa shape index (κ3) is 2.42. The molecule has 5 rings (SSSR count). The number of aliphatic hydroxyl groups is 1. The van der Waals surface area contributed by atoms with E-state index in [-0.39, 0.29) is 5.78 Å². The number of aryl methyl sites for hydroxylation is 1. The van der Waals surface area contributed by atoms with Crippen LogP contribution in [-0.4, -0.2) is 10.9 Å². The van der Waals surface area contributed by atoms with Crippen molar-refractivity contribution in [2.45, 2.75) is 51.6 Å². The smallest absolute Gasteiger partial charge is 0.166 e. The number of hydrogen-bond acceptors (Lipinski definition) is 2. The molecule has 1 aromatic carbocycles. The molecule has 4 aliphatic rings. The Morgan fingerprint density at radius 3 is 2.27 bits per heavy atom. The summed E-state index contributed by atoms with van der Waals surface area (Å²) in [5.41, 5.74) is 1.80. The fourth-order valence-electron chi connectivity index (χ4n) is 5.78. The Labute approximate surface area is 132 Å². The fraction of sp³-hybridized carbons (Fsp3) is 0.650. The van der Waals surface area contributed by atoms with Crippen molar-refractivity contribution in [2.24, 2.45) is 29.6 Å². The van der Waals surface area contributed by atoms with Gasteiger partial charge in [0, 0.05) is 6.42 Å². The second-order valence-electron chi connectivity index (χ2n) is 8.02. The van der Waals surface area contributed by atoms with Gasteiger partial charge in [0.1, 0.15) is 6.10 Å². The zero-order valence-electron chi connectivity index (χ0n) is 13.4. The summed E-state index contributed by atoms with van der Waals surface area (Å²) >= 11 is 0. The number of hydrogen-bond donors (Lipinski definition) is 1. The summed E-state index contributed by atoms with van der Waals surface area (Å²) < 4.78 is 0. The molecule has 4 aliphatic carbocycles. The van der Waals surface area contributed by atoms with Crippen LogP contribution in [0.15, 0.2) is 24.3 Å². The summed E-state index contributed by atoms with van der Waals surface area (Å²) in [7, 11) is 0. The summed E-state index contributed by atoms with van der Waals surface area (Å²) in [6, 6.07) is 7.71. The van der Waals surface area contributed by atoms with Gasteiger partial charge in [0.2, 0.25) is 0 Å². The SMILES string of the molecule is Cc1ccccc1C(O)C(=O)CC1C2CC3CC(C2)CC1C3. The number of Topliss-reactive ketones (excluding diaryl/α,β-unsaturated/α-hetero) is 1. The third-order valence-corrected chi connectivity index (χ3v) is 6.65. The maximum Gasteiger partial charge on any atom is 0.166 e. The van der Waals surface area contributed by atoms with Crippen molar-refractivity contribution in [1.29, 1.82) is 0 Å². The number of ketones is 1. The largest absolute Gasteiger partial charge is 0.381 e. The minimum Gasteiger partial charge on any atom is -0.381 e. The van der Waals surface area contributed by atoms with Crippen LogP contribution in [0.1, 0.15) is 55.8 Å². The lowest BCUT2D eigenvalue weighted by atomic mass is 9.51. The predicted molar refractivity (Wildman–Crippen MR) is 86.3 cm³/mol. The Balaban J connectivity index is 1.47. The zero-order valence-corrected chi connectivity index (χ0v) is 13.4. The number of carbonyl (C=O) groups is 1. The van der Waals surface area contributed by atoms with Crippen molar-refractivity contribution in [3.05, 3.63) is 35.4 Å². The van der Waals surface area contributed by atoms with Crippen molar-refractivity contribution in [3.8, 4) is 0 Å². The van der Waals surface area contributed by atoms with Gasteiger partial charge in [0.15, 0.2) is 5.78 Å². The van der Waals surface area contributed by atoms with E-state index in [1.165, 1.54) is 32.1 Å². The number of aliphatic hydroxyl groups excluding tert-OH is 1. The quantitative estimate of drug-likeness (QED) is 0.910. The van der Waals surface area contributed by atoms with Crippen LogP contribution in [0.3, 0.4) is 0 Å². The van der Waals surface area contributed by atoms with E-state index in [2.05, 4.69) is 0 Å². The van der Waals surface area contributed by atoms with Gasteiger partial charge in [-0.2, -0.15) is 0 Å². The van der Waals surface area contributed by atoms with E-state index in [1.807, 2.05) is 31.2 Å². The van der Waals surface area contributed by atoms with Crippen LogP contribution >= 0.6 is 0 Å². The van der Waals surface area contributed by atoms with Crippen molar-refractivity contribution < 1.29 is 9.90 Å². The number of rotatable bonds is 4. The average Bonchev–Trinajstić information content (AvgIpc) is 2.50. The van der Waals surface area contributed by atoms with Crippen LogP contribution in [0.4, 0.5) is 0 Å². The highest BCUT2D eigenvalue weighted by molar-refractivity contribution is 5.84. The summed E-state index contributed by atoms with van der Waals surface area (Å²) in [6.45, 7) is 1.97. The predicted octanol–water partition coefficient (Wildman–Crippen LogP) is 4.06. The first-order chi connectivity index (χ1) is 10.6. The van der Waals surface area contributed by atoms with Gasteiger partial charge >= 0.3 is 0 Å². The van der Waals surface area contributed by atoms with Crippen LogP contribution in [-0.2, 0) is 4.79 Å². The lowest BCUT2D eigenvalue weighted by molar-refractivity contribution is -0.132. The van der Waals surface area contributed by atoms with E-state index in [9.17, 15) is 9.90 Å². The first-order valence-electron chi connectivity index (χ1n) is 8.88. The lowest BCUT2D eigenvalue weighted by Crippen LogP contribution is -2.45. The molecule has 0 heterocycles. The highest BCUT2D eigenvalue weighted by atomic mass is 16.3. The van der Waals surface area contributed by atoms with Crippen LogP contribution in [0.25, 0.3) is 0 Å². The second-order valence-corrected chi connectivity index (χ2v) is 8.02. The molecule has 0 amide bonds. The van der Waals surface area contributed by atoms with Gasteiger partial charge in [-0.1, -0.05) is 24.3 Å². The van der Waals surface area contributed by atoms with E-state index in [0.29, 0.717) is 12.3 Å². The van der Waals surface area contributed by atoms with Gasteiger partial charge in [0.25, 0.3) is 0 Å². The van der Waals surface area contributed by atoms with E-state index in [0.717, 1.165) is 34.8 Å². The maximum atomic E-state index is 12.6. The van der Waals surface area contributed by atoms with Crippen LogP contribution in [0.2, 0.25) is 0 Å². The first kappa shape index (κ1) is 14.4. The second kappa shape index (κ2) is 5.49. The Kier molecular flexibility index (Phi) is 3.60. The Hall–Kier alpha value is -1.15. The molecule has 0 saturated heterocycles. The minimum atomic E-state index is -0.932. The molecule has 4 bridgehead atoms. The Bertz CT molecular complexity index is 549. The summed E-state index contributed by atoms with van der Waals surface area (Å²) in [5.74, 6) is 3.96. The van der Waals surface area contributed by atoms with Gasteiger partial charge in [-0.15, -0.1) is 0 Å². The maximum absolute atomic E-state index is 12.6. The highest BCUT2D eigenvalue weighted by Crippen LogP contribution is 2.57. The summed E-state index contributed by atoms with van der Waals surface area (Å²) in [4.78, 5) is 12.6. The van der Waals surface area contributed by atoms with Crippen molar-refractivity contribution in [2.75, 3.05) is 0 Å². The molecular formula is C20H26O2. The summed E-state index contributed by atoms with van der Waals surface area (Å²) in [6.07, 6.45) is 6.45. The monoisotopic (exact) mass is 298 g/mol. The molecule has 1 atom stereocenters. The molecule has 1 unspecified atom stereocenters. The molecule has 0 aliphatic heterocycles. The molecule has 0 aromatic heterocycles. The van der Waals surface area contributed by atoms with Crippen LogP contribution in [0.5, 0.6) is 0 Å². The molecule has 0 radical (unpaired) electrons. The van der Waals surface area contributed by atoms with Gasteiger partial charge in [0.05, 0.1) is 0 Å². The molecule has 4 fully saturated rings. The molecule has 22 heavy (non-hydrogen) atoms. The molecule has 4 saturated carbocycles. The van der Waals surface area contributed by atoms with Gasteiger partial charge < -0.3 is 5.11 Å². The minimum absolute atomic E-state index is 0.0340. The Morgan fingerprint density at radius 2 is 1.68 bits per heavy atom. The van der Waals surface area contributed by atoms with Crippen LogP contribution in [0, 0.1) is 36.5 Å². The molecular weight excluding hydrogens is 272 g/mol. The normalized spacial score (nSPS) is 37.3. The topological polar surface area (TPSA) is 37.3 Å². The highest BCUT2D eigenvalue weighted by Gasteiger charge is 2.48. The van der Waals surface area contributed by atoms with Crippen LogP contribution < -0.4 is 0 Å². The average molecular weight is 298 g/mol. The third-order valence-electron chi connectivity index (χ3n) is 6.65. The molecule has 2 nitrogen and oxygen atoms in total. The van der Waals surface area contributed by atoms with E-state index >= 15 is 0 Å². The summed E-state index contributed by atoms with van der Waals surface area (Å²) in [5, 5.41) is 10.5. The molecule has 118 valence electrons.